The van der Waals surface area contributed by atoms with Crippen molar-refractivity contribution in [2.45, 2.75) is 53.4 Å². The second-order valence-corrected chi connectivity index (χ2v) is 5.57. The summed E-state index contributed by atoms with van der Waals surface area (Å²) in [6.45, 7) is 7.54. The van der Waals surface area contributed by atoms with Gasteiger partial charge in [-0.05, 0) is 12.0 Å². The molecule has 18 heavy (non-hydrogen) atoms. The van der Waals surface area contributed by atoms with Crippen molar-refractivity contribution < 1.29 is 9.59 Å². The van der Waals surface area contributed by atoms with Crippen LogP contribution in [-0.4, -0.2) is 18.1 Å². The number of azide groups is 1. The zero-order valence-corrected chi connectivity index (χ0v) is 11.8. The van der Waals surface area contributed by atoms with E-state index in [1.54, 1.807) is 0 Å². The van der Waals surface area contributed by atoms with Gasteiger partial charge in [-0.3, -0.25) is 9.59 Å². The number of ketones is 2. The minimum Gasteiger partial charge on any atom is -0.300 e. The van der Waals surface area contributed by atoms with Crippen molar-refractivity contribution in [3.8, 4) is 0 Å². The van der Waals surface area contributed by atoms with E-state index < -0.39 is 11.3 Å². The molecule has 0 amide bonds. The molecule has 5 heteroatoms. The van der Waals surface area contributed by atoms with Crippen LogP contribution in [-0.2, 0) is 9.59 Å². The summed E-state index contributed by atoms with van der Waals surface area (Å²) < 4.78 is 0. The Hall–Kier alpha value is -1.35. The summed E-state index contributed by atoms with van der Waals surface area (Å²) in [6, 6.07) is 0. The molecule has 0 aliphatic rings. The van der Waals surface area contributed by atoms with Gasteiger partial charge in [0.15, 0.2) is 0 Å². The predicted octanol–water partition coefficient (Wildman–Crippen LogP) is 3.68. The third kappa shape index (κ3) is 6.40. The zero-order valence-electron chi connectivity index (χ0n) is 11.8. The second-order valence-electron chi connectivity index (χ2n) is 5.57. The van der Waals surface area contributed by atoms with Crippen LogP contribution in [0.2, 0.25) is 0 Å². The van der Waals surface area contributed by atoms with E-state index in [-0.39, 0.29) is 24.5 Å². The molecular weight excluding hydrogens is 230 g/mol. The normalized spacial score (nSPS) is 12.7. The highest BCUT2D eigenvalue weighted by Crippen LogP contribution is 2.23. The average Bonchev–Trinajstić information content (AvgIpc) is 2.29. The van der Waals surface area contributed by atoms with Crippen molar-refractivity contribution in [3.05, 3.63) is 10.4 Å². The number of Topliss-reactive ketones (excluding diaryl/α,β-unsaturated/α-hetero) is 2. The molecule has 0 aliphatic carbocycles. The molecule has 1 atom stereocenters. The molecular formula is C13H23N3O2. The monoisotopic (exact) mass is 253 g/mol. The topological polar surface area (TPSA) is 82.9 Å². The van der Waals surface area contributed by atoms with E-state index in [1.807, 2.05) is 27.7 Å². The number of carbonyl (C=O) groups excluding carboxylic acids is 2. The lowest BCUT2D eigenvalue weighted by Gasteiger charge is -2.23. The van der Waals surface area contributed by atoms with E-state index in [2.05, 4.69) is 10.0 Å². The Labute approximate surface area is 109 Å². The summed E-state index contributed by atoms with van der Waals surface area (Å²) in [7, 11) is 0. The lowest BCUT2D eigenvalue weighted by Crippen LogP contribution is -2.31. The fourth-order valence-electron chi connectivity index (χ4n) is 1.74. The first-order valence-electron chi connectivity index (χ1n) is 6.39. The van der Waals surface area contributed by atoms with Gasteiger partial charge in [0.1, 0.15) is 11.6 Å². The van der Waals surface area contributed by atoms with Crippen molar-refractivity contribution >= 4 is 11.6 Å². The Kier molecular flexibility index (Phi) is 7.29. The predicted molar refractivity (Wildman–Crippen MR) is 71.1 cm³/mol. The highest BCUT2D eigenvalue weighted by molar-refractivity contribution is 5.91. The first kappa shape index (κ1) is 16.6. The molecule has 0 saturated heterocycles. The molecule has 0 aromatic rings. The Morgan fingerprint density at radius 3 is 2.39 bits per heavy atom. The van der Waals surface area contributed by atoms with Gasteiger partial charge >= 0.3 is 0 Å². The largest absolute Gasteiger partial charge is 0.300 e. The summed E-state index contributed by atoms with van der Waals surface area (Å²) in [4.78, 5) is 26.5. The standard InChI is InChI=1S/C13H23N3O2/c1-5-6-7-11(17)8-10(9-15-16-14)12(18)13(2,3)4/h10H,5-9H2,1-4H3. The SMILES string of the molecule is CCCCC(=O)CC(CN=[N+]=[N-])C(=O)C(C)(C)C. The van der Waals surface area contributed by atoms with Gasteiger partial charge in [0.25, 0.3) is 0 Å². The molecule has 0 aliphatic heterocycles. The van der Waals surface area contributed by atoms with Crippen molar-refractivity contribution in [3.63, 3.8) is 0 Å². The van der Waals surface area contributed by atoms with Crippen LogP contribution in [0.3, 0.4) is 0 Å². The van der Waals surface area contributed by atoms with E-state index >= 15 is 0 Å². The lowest BCUT2D eigenvalue weighted by atomic mass is 9.80. The maximum atomic E-state index is 12.1. The summed E-state index contributed by atoms with van der Waals surface area (Å²) in [5.41, 5.74) is 7.82. The van der Waals surface area contributed by atoms with Gasteiger partial charge in [0.05, 0.1) is 0 Å². The van der Waals surface area contributed by atoms with Crippen LogP contribution in [0.15, 0.2) is 5.11 Å². The van der Waals surface area contributed by atoms with Gasteiger partial charge < -0.3 is 0 Å². The van der Waals surface area contributed by atoms with Gasteiger partial charge in [-0.2, -0.15) is 0 Å². The zero-order chi connectivity index (χ0) is 14.2. The number of hydrogen-bond acceptors (Lipinski definition) is 3. The van der Waals surface area contributed by atoms with Crippen LogP contribution in [0.1, 0.15) is 53.4 Å². The quantitative estimate of drug-likeness (QED) is 0.375. The molecule has 1 unspecified atom stereocenters. The molecule has 0 bridgehead atoms. The number of rotatable bonds is 8. The Morgan fingerprint density at radius 2 is 1.94 bits per heavy atom. The second kappa shape index (κ2) is 7.88. The van der Waals surface area contributed by atoms with Crippen LogP contribution in [0, 0.1) is 11.3 Å². The Morgan fingerprint density at radius 1 is 1.33 bits per heavy atom. The number of unbranched alkanes of at least 4 members (excludes halogenated alkanes) is 1. The fourth-order valence-corrected chi connectivity index (χ4v) is 1.74. The summed E-state index contributed by atoms with van der Waals surface area (Å²) in [5.74, 6) is -0.419. The van der Waals surface area contributed by atoms with Crippen molar-refractivity contribution in [1.29, 1.82) is 0 Å². The number of nitrogens with zero attached hydrogens (tertiary/aromatic N) is 3. The molecule has 0 radical (unpaired) electrons. The van der Waals surface area contributed by atoms with Gasteiger partial charge in [-0.15, -0.1) is 0 Å². The van der Waals surface area contributed by atoms with E-state index in [0.717, 1.165) is 12.8 Å². The molecule has 0 spiro atoms. The molecule has 102 valence electrons. The highest BCUT2D eigenvalue weighted by atomic mass is 16.1. The van der Waals surface area contributed by atoms with E-state index in [9.17, 15) is 9.59 Å². The Balaban J connectivity index is 4.63. The average molecular weight is 253 g/mol. The van der Waals surface area contributed by atoms with Gasteiger partial charge in [-0.1, -0.05) is 39.2 Å². The third-order valence-corrected chi connectivity index (χ3v) is 2.76. The first-order valence-corrected chi connectivity index (χ1v) is 6.39. The molecule has 5 nitrogen and oxygen atoms in total. The van der Waals surface area contributed by atoms with Crippen LogP contribution < -0.4 is 0 Å². The molecule has 0 aromatic carbocycles. The first-order chi connectivity index (χ1) is 8.32. The smallest absolute Gasteiger partial charge is 0.141 e. The van der Waals surface area contributed by atoms with Crippen LogP contribution >= 0.6 is 0 Å². The molecule has 0 rings (SSSR count). The van der Waals surface area contributed by atoms with Crippen molar-refractivity contribution in [2.24, 2.45) is 16.4 Å². The molecule has 0 aromatic heterocycles. The maximum absolute atomic E-state index is 12.1. The molecule has 0 saturated carbocycles. The molecule has 0 heterocycles. The van der Waals surface area contributed by atoms with Gasteiger partial charge in [0.2, 0.25) is 0 Å². The maximum Gasteiger partial charge on any atom is 0.141 e. The summed E-state index contributed by atoms with van der Waals surface area (Å²) in [6.07, 6.45) is 2.49. The Bertz CT molecular complexity index is 339. The highest BCUT2D eigenvalue weighted by Gasteiger charge is 2.30. The summed E-state index contributed by atoms with van der Waals surface area (Å²) in [5, 5.41) is 3.45. The minimum atomic E-state index is -0.513. The number of carbonyl (C=O) groups is 2. The van der Waals surface area contributed by atoms with E-state index in [0.29, 0.717) is 6.42 Å². The van der Waals surface area contributed by atoms with Crippen LogP contribution in [0.5, 0.6) is 0 Å². The fraction of sp³-hybridized carbons (Fsp3) is 0.846. The number of hydrogen-bond donors (Lipinski definition) is 0. The van der Waals surface area contributed by atoms with E-state index in [4.69, 9.17) is 5.53 Å². The lowest BCUT2D eigenvalue weighted by molar-refractivity contribution is -0.133. The van der Waals surface area contributed by atoms with Crippen LogP contribution in [0.4, 0.5) is 0 Å². The van der Waals surface area contributed by atoms with Crippen molar-refractivity contribution in [1.82, 2.24) is 0 Å². The third-order valence-electron chi connectivity index (χ3n) is 2.76. The summed E-state index contributed by atoms with van der Waals surface area (Å²) >= 11 is 0. The van der Waals surface area contributed by atoms with Gasteiger partial charge in [0, 0.05) is 35.6 Å². The molecule has 0 fully saturated rings. The van der Waals surface area contributed by atoms with Gasteiger partial charge in [-0.25, -0.2) is 0 Å². The minimum absolute atomic E-state index is 0.0141. The molecule has 0 N–H and O–H groups in total. The van der Waals surface area contributed by atoms with Crippen LogP contribution in [0.25, 0.3) is 10.4 Å². The van der Waals surface area contributed by atoms with E-state index in [1.165, 1.54) is 0 Å². The van der Waals surface area contributed by atoms with Crippen molar-refractivity contribution in [2.75, 3.05) is 6.54 Å².